The van der Waals surface area contributed by atoms with E-state index in [-0.39, 0.29) is 35.8 Å². The summed E-state index contributed by atoms with van der Waals surface area (Å²) < 4.78 is 36.9. The molecule has 4 nitrogen and oxygen atoms in total. The van der Waals surface area contributed by atoms with Crippen LogP contribution in [0.15, 0.2) is 48.5 Å². The van der Waals surface area contributed by atoms with Crippen molar-refractivity contribution < 1.29 is 17.6 Å². The van der Waals surface area contributed by atoms with Crippen molar-refractivity contribution in [1.29, 1.82) is 0 Å². The van der Waals surface area contributed by atoms with E-state index >= 15 is 0 Å². The van der Waals surface area contributed by atoms with Crippen LogP contribution in [0, 0.1) is 12.7 Å². The van der Waals surface area contributed by atoms with Crippen LogP contribution in [-0.2, 0) is 16.4 Å². The van der Waals surface area contributed by atoms with Gasteiger partial charge in [0, 0.05) is 18.2 Å². The van der Waals surface area contributed by atoms with Crippen molar-refractivity contribution >= 4 is 15.7 Å². The van der Waals surface area contributed by atoms with E-state index in [9.17, 15) is 17.6 Å². The summed E-state index contributed by atoms with van der Waals surface area (Å²) in [6.45, 7) is 2.11. The summed E-state index contributed by atoms with van der Waals surface area (Å²) in [7, 11) is -3.12. The summed E-state index contributed by atoms with van der Waals surface area (Å²) in [5, 5.41) is 0. The third-order valence-electron chi connectivity index (χ3n) is 4.55. The molecule has 3 rings (SSSR count). The third kappa shape index (κ3) is 4.07. The smallest absolute Gasteiger partial charge is 0.254 e. The first-order valence-electron chi connectivity index (χ1n) is 8.17. The van der Waals surface area contributed by atoms with Gasteiger partial charge in [-0.15, -0.1) is 0 Å². The van der Waals surface area contributed by atoms with Crippen molar-refractivity contribution in [3.8, 4) is 0 Å². The van der Waals surface area contributed by atoms with Gasteiger partial charge in [-0.25, -0.2) is 12.8 Å². The summed E-state index contributed by atoms with van der Waals surface area (Å²) in [4.78, 5) is 14.7. The van der Waals surface area contributed by atoms with Gasteiger partial charge in [0.25, 0.3) is 5.91 Å². The highest BCUT2D eigenvalue weighted by Gasteiger charge is 2.35. The SMILES string of the molecule is Cc1ccccc1C(=O)N(Cc1ccc(F)cc1)[C@H]1CCS(=O)(=O)C1. The molecule has 0 saturated carbocycles. The van der Waals surface area contributed by atoms with Gasteiger partial charge in [0.05, 0.1) is 11.5 Å². The van der Waals surface area contributed by atoms with E-state index in [1.165, 1.54) is 12.1 Å². The molecular formula is C19H20FNO3S. The highest BCUT2D eigenvalue weighted by molar-refractivity contribution is 7.91. The van der Waals surface area contributed by atoms with Gasteiger partial charge in [0.2, 0.25) is 0 Å². The average molecular weight is 361 g/mol. The Morgan fingerprint density at radius 2 is 1.84 bits per heavy atom. The van der Waals surface area contributed by atoms with Crippen molar-refractivity contribution in [3.63, 3.8) is 0 Å². The Kier molecular flexibility index (Phi) is 4.90. The van der Waals surface area contributed by atoms with Crippen LogP contribution in [0.3, 0.4) is 0 Å². The number of hydrogen-bond donors (Lipinski definition) is 0. The Hall–Kier alpha value is -2.21. The summed E-state index contributed by atoms with van der Waals surface area (Å²) in [6, 6.07) is 12.8. The fraction of sp³-hybridized carbons (Fsp3) is 0.316. The number of hydrogen-bond acceptors (Lipinski definition) is 3. The van der Waals surface area contributed by atoms with E-state index in [1.54, 1.807) is 29.2 Å². The van der Waals surface area contributed by atoms with E-state index in [0.29, 0.717) is 12.0 Å². The molecule has 1 aliphatic rings. The maximum Gasteiger partial charge on any atom is 0.254 e. The van der Waals surface area contributed by atoms with Gasteiger partial charge in [-0.1, -0.05) is 30.3 Å². The number of amides is 1. The second-order valence-electron chi connectivity index (χ2n) is 6.43. The van der Waals surface area contributed by atoms with E-state index in [2.05, 4.69) is 0 Å². The summed E-state index contributed by atoms with van der Waals surface area (Å²) >= 11 is 0. The van der Waals surface area contributed by atoms with Gasteiger partial charge in [0.15, 0.2) is 9.84 Å². The third-order valence-corrected chi connectivity index (χ3v) is 6.30. The van der Waals surface area contributed by atoms with Gasteiger partial charge in [0.1, 0.15) is 5.82 Å². The normalized spacial score (nSPS) is 18.9. The molecule has 0 N–H and O–H groups in total. The molecule has 0 aliphatic carbocycles. The van der Waals surface area contributed by atoms with Crippen LogP contribution in [0.25, 0.3) is 0 Å². The van der Waals surface area contributed by atoms with Crippen molar-refractivity contribution in [2.75, 3.05) is 11.5 Å². The number of halogens is 1. The first-order valence-corrected chi connectivity index (χ1v) is 9.99. The average Bonchev–Trinajstić information content (AvgIpc) is 2.94. The van der Waals surface area contributed by atoms with Crippen molar-refractivity contribution in [1.82, 2.24) is 4.90 Å². The lowest BCUT2D eigenvalue weighted by Crippen LogP contribution is -2.40. The van der Waals surface area contributed by atoms with Gasteiger partial charge < -0.3 is 4.90 Å². The van der Waals surface area contributed by atoms with Crippen LogP contribution in [0.1, 0.15) is 27.9 Å². The molecule has 1 aliphatic heterocycles. The number of carbonyl (C=O) groups excluding carboxylic acids is 1. The Labute approximate surface area is 147 Å². The van der Waals surface area contributed by atoms with Gasteiger partial charge in [-0.05, 0) is 42.7 Å². The molecule has 0 unspecified atom stereocenters. The molecule has 132 valence electrons. The van der Waals surface area contributed by atoms with E-state index in [0.717, 1.165) is 11.1 Å². The molecule has 0 aromatic heterocycles. The van der Waals surface area contributed by atoms with Crippen molar-refractivity contribution in [2.45, 2.75) is 25.9 Å². The Morgan fingerprint density at radius 1 is 1.16 bits per heavy atom. The summed E-state index contributed by atoms with van der Waals surface area (Å²) in [5.41, 5.74) is 2.18. The summed E-state index contributed by atoms with van der Waals surface area (Å²) in [6.07, 6.45) is 0.432. The fourth-order valence-electron chi connectivity index (χ4n) is 3.14. The minimum absolute atomic E-state index is 0.0220. The lowest BCUT2D eigenvalue weighted by atomic mass is 10.1. The molecule has 0 spiro atoms. The van der Waals surface area contributed by atoms with Crippen molar-refractivity contribution in [3.05, 3.63) is 71.0 Å². The molecule has 0 bridgehead atoms. The Morgan fingerprint density at radius 3 is 2.44 bits per heavy atom. The molecular weight excluding hydrogens is 341 g/mol. The molecule has 1 saturated heterocycles. The zero-order chi connectivity index (χ0) is 18.0. The zero-order valence-electron chi connectivity index (χ0n) is 14.0. The first-order chi connectivity index (χ1) is 11.9. The molecule has 1 heterocycles. The molecule has 1 amide bonds. The van der Waals surface area contributed by atoms with E-state index in [4.69, 9.17) is 0 Å². The number of carbonyl (C=O) groups is 1. The van der Waals surface area contributed by atoms with Gasteiger partial charge >= 0.3 is 0 Å². The topological polar surface area (TPSA) is 54.5 Å². The van der Waals surface area contributed by atoms with Crippen LogP contribution in [-0.4, -0.2) is 36.8 Å². The van der Waals surface area contributed by atoms with Crippen LogP contribution in [0.2, 0.25) is 0 Å². The minimum Gasteiger partial charge on any atom is -0.330 e. The minimum atomic E-state index is -3.12. The first kappa shape index (κ1) is 17.6. The molecule has 1 atom stereocenters. The molecule has 0 radical (unpaired) electrons. The van der Waals surface area contributed by atoms with Crippen LogP contribution in [0.4, 0.5) is 4.39 Å². The molecule has 2 aromatic carbocycles. The molecule has 2 aromatic rings. The second-order valence-corrected chi connectivity index (χ2v) is 8.66. The predicted molar refractivity (Wildman–Crippen MR) is 94.5 cm³/mol. The lowest BCUT2D eigenvalue weighted by Gasteiger charge is -2.29. The Bertz CT molecular complexity index is 878. The monoisotopic (exact) mass is 361 g/mol. The quantitative estimate of drug-likeness (QED) is 0.841. The fourth-order valence-corrected chi connectivity index (χ4v) is 4.87. The zero-order valence-corrected chi connectivity index (χ0v) is 14.8. The largest absolute Gasteiger partial charge is 0.330 e. The number of rotatable bonds is 4. The standard InChI is InChI=1S/C19H20FNO3S/c1-14-4-2-3-5-18(14)19(22)21(17-10-11-25(23,24)13-17)12-15-6-8-16(20)9-7-15/h2-9,17H,10-13H2,1H3/t17-/m0/s1. The molecule has 25 heavy (non-hydrogen) atoms. The van der Waals surface area contributed by atoms with Crippen molar-refractivity contribution in [2.24, 2.45) is 0 Å². The predicted octanol–water partition coefficient (Wildman–Crippen LogP) is 2.96. The maximum absolute atomic E-state index is 13.1. The van der Waals surface area contributed by atoms with Gasteiger partial charge in [-0.2, -0.15) is 0 Å². The second kappa shape index (κ2) is 6.96. The maximum atomic E-state index is 13.1. The number of benzene rings is 2. The number of nitrogens with zero attached hydrogens (tertiary/aromatic N) is 1. The number of sulfone groups is 1. The highest BCUT2D eigenvalue weighted by Crippen LogP contribution is 2.23. The molecule has 6 heteroatoms. The molecule has 1 fully saturated rings. The Balaban J connectivity index is 1.92. The summed E-state index contributed by atoms with van der Waals surface area (Å²) in [5.74, 6) is -0.460. The van der Waals surface area contributed by atoms with Crippen LogP contribution in [0.5, 0.6) is 0 Å². The van der Waals surface area contributed by atoms with Gasteiger partial charge in [-0.3, -0.25) is 4.79 Å². The highest BCUT2D eigenvalue weighted by atomic mass is 32.2. The lowest BCUT2D eigenvalue weighted by molar-refractivity contribution is 0.0680. The van der Waals surface area contributed by atoms with E-state index in [1.807, 2.05) is 19.1 Å². The number of aryl methyl sites for hydroxylation is 1. The van der Waals surface area contributed by atoms with Crippen LogP contribution < -0.4 is 0 Å². The van der Waals surface area contributed by atoms with E-state index < -0.39 is 9.84 Å². The van der Waals surface area contributed by atoms with Crippen LogP contribution >= 0.6 is 0 Å².